The number of likely N-dealkylation sites (tertiary alicyclic amines) is 1. The largest absolute Gasteiger partial charge is 0.393 e. The highest BCUT2D eigenvalue weighted by Gasteiger charge is 2.40. The molecule has 0 aromatic rings. The molecule has 3 rings (SSSR count). The molecule has 1 amide bonds. The first-order valence-corrected chi connectivity index (χ1v) is 8.11. The number of fused-ring (bicyclic) bond motifs is 2. The van der Waals surface area contributed by atoms with Crippen LogP contribution >= 0.6 is 12.2 Å². The minimum atomic E-state index is 0.243. The van der Waals surface area contributed by atoms with Crippen molar-refractivity contribution < 1.29 is 4.79 Å². The van der Waals surface area contributed by atoms with Gasteiger partial charge in [-0.15, -0.1) is 0 Å². The Balaban J connectivity index is 1.54. The summed E-state index contributed by atoms with van der Waals surface area (Å²) in [5, 5.41) is 0. The molecule has 19 heavy (non-hydrogen) atoms. The number of carbonyl (C=O) groups is 1. The number of nitrogens with zero attached hydrogens (tertiary/aromatic N) is 1. The van der Waals surface area contributed by atoms with Crippen LogP contribution in [-0.4, -0.2) is 28.9 Å². The van der Waals surface area contributed by atoms with Crippen LogP contribution in [0.25, 0.3) is 0 Å². The third-order valence-corrected chi connectivity index (χ3v) is 5.83. The van der Waals surface area contributed by atoms with Gasteiger partial charge in [0.2, 0.25) is 5.91 Å². The van der Waals surface area contributed by atoms with E-state index in [-0.39, 0.29) is 5.92 Å². The topological polar surface area (TPSA) is 46.3 Å². The van der Waals surface area contributed by atoms with Gasteiger partial charge in [-0.2, -0.15) is 0 Å². The van der Waals surface area contributed by atoms with Crippen LogP contribution in [-0.2, 0) is 4.79 Å². The lowest BCUT2D eigenvalue weighted by atomic mass is 9.86. The molecule has 0 spiro atoms. The van der Waals surface area contributed by atoms with Gasteiger partial charge in [-0.05, 0) is 49.9 Å². The zero-order chi connectivity index (χ0) is 13.4. The third-order valence-electron chi connectivity index (χ3n) is 5.50. The number of amides is 1. The molecule has 4 atom stereocenters. The first-order chi connectivity index (χ1) is 9.13. The third kappa shape index (κ3) is 2.78. The van der Waals surface area contributed by atoms with E-state index in [1.165, 1.54) is 25.7 Å². The van der Waals surface area contributed by atoms with E-state index in [1.54, 1.807) is 0 Å². The van der Waals surface area contributed by atoms with Crippen LogP contribution in [0.1, 0.15) is 44.9 Å². The Morgan fingerprint density at radius 3 is 2.74 bits per heavy atom. The Kier molecular flexibility index (Phi) is 3.79. The first-order valence-electron chi connectivity index (χ1n) is 7.70. The predicted octanol–water partition coefficient (Wildman–Crippen LogP) is 2.34. The molecule has 3 nitrogen and oxygen atoms in total. The number of hydrogen-bond donors (Lipinski definition) is 1. The summed E-state index contributed by atoms with van der Waals surface area (Å²) in [5.41, 5.74) is 5.74. The quantitative estimate of drug-likeness (QED) is 0.807. The van der Waals surface area contributed by atoms with Gasteiger partial charge in [-0.1, -0.05) is 18.6 Å². The molecule has 2 saturated carbocycles. The first kappa shape index (κ1) is 13.3. The van der Waals surface area contributed by atoms with Crippen LogP contribution in [0.3, 0.4) is 0 Å². The molecule has 1 aliphatic heterocycles. The molecule has 2 bridgehead atoms. The summed E-state index contributed by atoms with van der Waals surface area (Å²) < 4.78 is 0. The molecule has 4 heteroatoms. The molecule has 3 fully saturated rings. The van der Waals surface area contributed by atoms with Gasteiger partial charge in [0, 0.05) is 25.4 Å². The molecule has 106 valence electrons. The number of rotatable bonds is 3. The fourth-order valence-electron chi connectivity index (χ4n) is 4.42. The standard InChI is InChI=1S/C15H24N2OS/c16-15(19)12-2-1-5-17(9-12)14(18)8-13-7-10-3-4-11(13)6-10/h10-13H,1-9H2,(H2,16,19). The van der Waals surface area contributed by atoms with Gasteiger partial charge in [0.15, 0.2) is 0 Å². The van der Waals surface area contributed by atoms with E-state index in [4.69, 9.17) is 18.0 Å². The molecule has 0 radical (unpaired) electrons. The van der Waals surface area contributed by atoms with Gasteiger partial charge in [0.05, 0.1) is 4.99 Å². The SMILES string of the molecule is NC(=S)C1CCCN(C(=O)CC2CC3CCC2C3)C1. The van der Waals surface area contributed by atoms with E-state index in [1.807, 2.05) is 4.90 Å². The smallest absolute Gasteiger partial charge is 0.222 e. The van der Waals surface area contributed by atoms with Gasteiger partial charge in [0.1, 0.15) is 0 Å². The van der Waals surface area contributed by atoms with Gasteiger partial charge in [-0.3, -0.25) is 4.79 Å². The Hall–Kier alpha value is -0.640. The second-order valence-electron chi connectivity index (χ2n) is 6.72. The number of carbonyl (C=O) groups excluding carboxylic acids is 1. The molecule has 0 aromatic carbocycles. The maximum atomic E-state index is 12.4. The summed E-state index contributed by atoms with van der Waals surface area (Å²) in [5.74, 6) is 3.02. The molecule has 1 heterocycles. The van der Waals surface area contributed by atoms with Crippen LogP contribution in [0.15, 0.2) is 0 Å². The van der Waals surface area contributed by atoms with E-state index in [0.717, 1.165) is 44.2 Å². The number of thiocarbonyl (C=S) groups is 1. The van der Waals surface area contributed by atoms with E-state index in [2.05, 4.69) is 0 Å². The Morgan fingerprint density at radius 2 is 2.11 bits per heavy atom. The van der Waals surface area contributed by atoms with Crippen molar-refractivity contribution in [1.82, 2.24) is 4.90 Å². The summed E-state index contributed by atoms with van der Waals surface area (Å²) >= 11 is 5.08. The second-order valence-corrected chi connectivity index (χ2v) is 7.19. The molecule has 2 N–H and O–H groups in total. The van der Waals surface area contributed by atoms with E-state index in [0.29, 0.717) is 16.8 Å². The monoisotopic (exact) mass is 280 g/mol. The Labute approximate surface area is 120 Å². The normalized spacial score (nSPS) is 37.6. The molecule has 2 aliphatic carbocycles. The minimum absolute atomic E-state index is 0.243. The summed E-state index contributed by atoms with van der Waals surface area (Å²) in [6, 6.07) is 0. The van der Waals surface area contributed by atoms with Gasteiger partial charge >= 0.3 is 0 Å². The Bertz CT molecular complexity index is 384. The van der Waals surface area contributed by atoms with Gasteiger partial charge in [-0.25, -0.2) is 0 Å². The van der Waals surface area contributed by atoms with Crippen LogP contribution < -0.4 is 5.73 Å². The molecular formula is C15H24N2OS. The highest BCUT2D eigenvalue weighted by atomic mass is 32.1. The zero-order valence-electron chi connectivity index (χ0n) is 11.5. The fraction of sp³-hybridized carbons (Fsp3) is 0.867. The van der Waals surface area contributed by atoms with Crippen molar-refractivity contribution in [1.29, 1.82) is 0 Å². The van der Waals surface area contributed by atoms with Crippen molar-refractivity contribution in [2.45, 2.75) is 44.9 Å². The van der Waals surface area contributed by atoms with Crippen molar-refractivity contribution in [2.24, 2.45) is 29.4 Å². The molecule has 4 unspecified atom stereocenters. The minimum Gasteiger partial charge on any atom is -0.393 e. The van der Waals surface area contributed by atoms with Crippen LogP contribution in [0.4, 0.5) is 0 Å². The van der Waals surface area contributed by atoms with Crippen molar-refractivity contribution >= 4 is 23.1 Å². The van der Waals surface area contributed by atoms with Crippen molar-refractivity contribution in [3.05, 3.63) is 0 Å². The summed E-state index contributed by atoms with van der Waals surface area (Å²) in [6.45, 7) is 1.66. The second kappa shape index (κ2) is 5.39. The van der Waals surface area contributed by atoms with Crippen LogP contribution in [0.5, 0.6) is 0 Å². The highest BCUT2D eigenvalue weighted by molar-refractivity contribution is 7.80. The van der Waals surface area contributed by atoms with Gasteiger partial charge < -0.3 is 10.6 Å². The lowest BCUT2D eigenvalue weighted by Crippen LogP contribution is -2.44. The summed E-state index contributed by atoms with van der Waals surface area (Å²) in [6.07, 6.45) is 8.31. The average molecular weight is 280 g/mol. The molecule has 3 aliphatic rings. The van der Waals surface area contributed by atoms with Crippen LogP contribution in [0.2, 0.25) is 0 Å². The predicted molar refractivity (Wildman–Crippen MR) is 79.6 cm³/mol. The maximum absolute atomic E-state index is 12.4. The number of nitrogens with two attached hydrogens (primary N) is 1. The molecule has 0 aromatic heterocycles. The van der Waals surface area contributed by atoms with Crippen molar-refractivity contribution in [3.8, 4) is 0 Å². The maximum Gasteiger partial charge on any atom is 0.222 e. The van der Waals surface area contributed by atoms with Gasteiger partial charge in [0.25, 0.3) is 0 Å². The fourth-order valence-corrected chi connectivity index (χ4v) is 4.61. The lowest BCUT2D eigenvalue weighted by Gasteiger charge is -2.33. The number of piperidine rings is 1. The van der Waals surface area contributed by atoms with E-state index >= 15 is 0 Å². The van der Waals surface area contributed by atoms with Crippen molar-refractivity contribution in [2.75, 3.05) is 13.1 Å². The van der Waals surface area contributed by atoms with Crippen LogP contribution in [0, 0.1) is 23.7 Å². The number of hydrogen-bond acceptors (Lipinski definition) is 2. The highest BCUT2D eigenvalue weighted by Crippen LogP contribution is 2.49. The summed E-state index contributed by atoms with van der Waals surface area (Å²) in [7, 11) is 0. The van der Waals surface area contributed by atoms with Crippen molar-refractivity contribution in [3.63, 3.8) is 0 Å². The molecular weight excluding hydrogens is 256 g/mol. The van der Waals surface area contributed by atoms with E-state index in [9.17, 15) is 4.79 Å². The summed E-state index contributed by atoms with van der Waals surface area (Å²) in [4.78, 5) is 15.0. The lowest BCUT2D eigenvalue weighted by molar-refractivity contribution is -0.133. The molecule has 1 saturated heterocycles. The van der Waals surface area contributed by atoms with E-state index < -0.39 is 0 Å². The zero-order valence-corrected chi connectivity index (χ0v) is 12.3. The Morgan fingerprint density at radius 1 is 1.26 bits per heavy atom. The average Bonchev–Trinajstić information content (AvgIpc) is 3.01.